The zero-order chi connectivity index (χ0) is 12.4. The highest BCUT2D eigenvalue weighted by Gasteiger charge is 2.14. The van der Waals surface area contributed by atoms with Crippen molar-refractivity contribution >= 4 is 28.3 Å². The van der Waals surface area contributed by atoms with Gasteiger partial charge in [0.15, 0.2) is 0 Å². The molecular weight excluding hydrogens is 325 g/mol. The molecule has 0 amide bonds. The molecule has 17 heavy (non-hydrogen) atoms. The highest BCUT2D eigenvalue weighted by atomic mass is 127. The van der Waals surface area contributed by atoms with Crippen molar-refractivity contribution in [2.24, 2.45) is 0 Å². The summed E-state index contributed by atoms with van der Waals surface area (Å²) in [5, 5.41) is 3.38. The Kier molecular flexibility index (Phi) is 4.27. The number of nitrogens with two attached hydrogens (primary N) is 1. The van der Waals surface area contributed by atoms with Crippen LogP contribution in [-0.2, 0) is 6.54 Å². The molecule has 0 spiro atoms. The molecule has 1 fully saturated rings. The highest BCUT2D eigenvalue weighted by Crippen LogP contribution is 2.26. The molecule has 0 unspecified atom stereocenters. The van der Waals surface area contributed by atoms with Crippen LogP contribution in [0.5, 0.6) is 0 Å². The van der Waals surface area contributed by atoms with Crippen LogP contribution in [0.2, 0.25) is 0 Å². The van der Waals surface area contributed by atoms with E-state index in [0.717, 1.165) is 38.4 Å². The van der Waals surface area contributed by atoms with Gasteiger partial charge in [0, 0.05) is 42.0 Å². The van der Waals surface area contributed by atoms with Gasteiger partial charge in [-0.1, -0.05) is 0 Å². The smallest absolute Gasteiger partial charge is 0.0357 e. The van der Waals surface area contributed by atoms with Crippen LogP contribution in [-0.4, -0.2) is 31.1 Å². The number of nitrogen functional groups attached to an aromatic ring is 1. The summed E-state index contributed by atoms with van der Waals surface area (Å²) >= 11 is 2.40. The summed E-state index contributed by atoms with van der Waals surface area (Å²) in [6.07, 6.45) is 0. The van der Waals surface area contributed by atoms with Crippen molar-refractivity contribution < 1.29 is 0 Å². The zero-order valence-electron chi connectivity index (χ0n) is 10.5. The summed E-state index contributed by atoms with van der Waals surface area (Å²) in [6.45, 7) is 9.76. The summed E-state index contributed by atoms with van der Waals surface area (Å²) in [5.41, 5.74) is 11.0. The predicted octanol–water partition coefficient (Wildman–Crippen LogP) is 1.90. The predicted molar refractivity (Wildman–Crippen MR) is 81.2 cm³/mol. The Bertz CT molecular complexity index is 412. The number of piperazine rings is 1. The van der Waals surface area contributed by atoms with Gasteiger partial charge in [-0.2, -0.15) is 0 Å². The minimum atomic E-state index is 0.921. The molecule has 0 saturated carbocycles. The van der Waals surface area contributed by atoms with Gasteiger partial charge in [-0.3, -0.25) is 4.90 Å². The van der Waals surface area contributed by atoms with Crippen molar-refractivity contribution in [3.8, 4) is 0 Å². The van der Waals surface area contributed by atoms with E-state index in [2.05, 4.69) is 52.7 Å². The van der Waals surface area contributed by atoms with E-state index in [-0.39, 0.29) is 0 Å². The minimum Gasteiger partial charge on any atom is -0.398 e. The molecule has 0 aliphatic carbocycles. The van der Waals surface area contributed by atoms with Gasteiger partial charge in [-0.05, 0) is 59.2 Å². The molecule has 1 aromatic rings. The second kappa shape index (κ2) is 5.54. The van der Waals surface area contributed by atoms with Crippen LogP contribution < -0.4 is 11.1 Å². The molecule has 1 aromatic carbocycles. The number of halogens is 1. The molecule has 4 heteroatoms. The first-order valence-electron chi connectivity index (χ1n) is 6.06. The monoisotopic (exact) mass is 345 g/mol. The van der Waals surface area contributed by atoms with E-state index in [1.165, 1.54) is 20.3 Å². The van der Waals surface area contributed by atoms with E-state index in [1.54, 1.807) is 0 Å². The maximum Gasteiger partial charge on any atom is 0.0357 e. The van der Waals surface area contributed by atoms with Crippen molar-refractivity contribution in [2.45, 2.75) is 20.4 Å². The molecule has 1 saturated heterocycles. The number of benzene rings is 1. The normalized spacial score (nSPS) is 17.4. The number of hydrogen-bond donors (Lipinski definition) is 2. The maximum atomic E-state index is 6.06. The molecule has 94 valence electrons. The molecule has 0 aromatic heterocycles. The van der Waals surface area contributed by atoms with E-state index >= 15 is 0 Å². The number of nitrogens with zero attached hydrogens (tertiary/aromatic N) is 1. The van der Waals surface area contributed by atoms with Crippen LogP contribution in [0.4, 0.5) is 5.69 Å². The lowest BCUT2D eigenvalue weighted by Gasteiger charge is -2.28. The Morgan fingerprint density at radius 3 is 2.59 bits per heavy atom. The second-order valence-corrected chi connectivity index (χ2v) is 5.79. The van der Waals surface area contributed by atoms with Crippen molar-refractivity contribution in [1.82, 2.24) is 10.2 Å². The average molecular weight is 345 g/mol. The topological polar surface area (TPSA) is 41.3 Å². The zero-order valence-corrected chi connectivity index (χ0v) is 12.7. The van der Waals surface area contributed by atoms with Crippen LogP contribution >= 0.6 is 22.6 Å². The number of hydrogen-bond acceptors (Lipinski definition) is 3. The third-order valence-corrected chi connectivity index (χ3v) is 5.12. The molecular formula is C13H20IN3. The Morgan fingerprint density at radius 1 is 1.29 bits per heavy atom. The maximum absolute atomic E-state index is 6.06. The fraction of sp³-hybridized carbons (Fsp3) is 0.538. The van der Waals surface area contributed by atoms with Gasteiger partial charge in [0.05, 0.1) is 0 Å². The summed E-state index contributed by atoms with van der Waals surface area (Å²) in [4.78, 5) is 2.49. The highest BCUT2D eigenvalue weighted by molar-refractivity contribution is 14.1. The first-order chi connectivity index (χ1) is 8.09. The fourth-order valence-corrected chi connectivity index (χ4v) is 2.89. The third-order valence-electron chi connectivity index (χ3n) is 3.51. The van der Waals surface area contributed by atoms with Gasteiger partial charge in [0.25, 0.3) is 0 Å². The third kappa shape index (κ3) is 2.92. The molecule has 2 rings (SSSR count). The fourth-order valence-electron chi connectivity index (χ4n) is 2.23. The Hall–Kier alpha value is -0.330. The Morgan fingerprint density at radius 2 is 1.94 bits per heavy atom. The lowest BCUT2D eigenvalue weighted by molar-refractivity contribution is 0.233. The number of rotatable bonds is 2. The SMILES string of the molecule is Cc1c(N)cc(CN2CCNCC2)c(C)c1I. The van der Waals surface area contributed by atoms with Crippen LogP contribution in [0.15, 0.2) is 6.07 Å². The Labute approximate surface area is 117 Å². The lowest BCUT2D eigenvalue weighted by atomic mass is 10.0. The quantitative estimate of drug-likeness (QED) is 0.636. The van der Waals surface area contributed by atoms with Crippen LogP contribution in [0, 0.1) is 17.4 Å². The van der Waals surface area contributed by atoms with Gasteiger partial charge in [0.1, 0.15) is 0 Å². The van der Waals surface area contributed by atoms with Crippen molar-refractivity contribution in [3.05, 3.63) is 26.3 Å². The van der Waals surface area contributed by atoms with Crippen LogP contribution in [0.1, 0.15) is 16.7 Å². The first kappa shape index (κ1) is 13.1. The molecule has 3 nitrogen and oxygen atoms in total. The van der Waals surface area contributed by atoms with Crippen LogP contribution in [0.25, 0.3) is 0 Å². The molecule has 1 heterocycles. The standard InChI is InChI=1S/C13H20IN3/c1-9-11(7-12(15)10(2)13(9)14)8-17-5-3-16-4-6-17/h7,16H,3-6,8,15H2,1-2H3. The summed E-state index contributed by atoms with van der Waals surface area (Å²) in [6, 6.07) is 2.15. The van der Waals surface area contributed by atoms with Gasteiger partial charge in [-0.25, -0.2) is 0 Å². The second-order valence-electron chi connectivity index (χ2n) is 4.72. The number of anilines is 1. The van der Waals surface area contributed by atoms with E-state index in [0.29, 0.717) is 0 Å². The van der Waals surface area contributed by atoms with E-state index < -0.39 is 0 Å². The average Bonchev–Trinajstić information content (AvgIpc) is 2.35. The van der Waals surface area contributed by atoms with Gasteiger partial charge < -0.3 is 11.1 Å². The molecule has 0 bridgehead atoms. The van der Waals surface area contributed by atoms with Crippen molar-refractivity contribution in [1.29, 1.82) is 0 Å². The van der Waals surface area contributed by atoms with Crippen molar-refractivity contribution in [3.63, 3.8) is 0 Å². The largest absolute Gasteiger partial charge is 0.398 e. The van der Waals surface area contributed by atoms with Crippen molar-refractivity contribution in [2.75, 3.05) is 31.9 Å². The molecule has 3 N–H and O–H groups in total. The lowest BCUT2D eigenvalue weighted by Crippen LogP contribution is -2.43. The number of nitrogens with one attached hydrogen (secondary N) is 1. The molecule has 1 aliphatic rings. The van der Waals surface area contributed by atoms with Gasteiger partial charge in [0.2, 0.25) is 0 Å². The van der Waals surface area contributed by atoms with E-state index in [4.69, 9.17) is 5.73 Å². The summed E-state index contributed by atoms with van der Waals surface area (Å²) in [5.74, 6) is 0. The van der Waals surface area contributed by atoms with Crippen LogP contribution in [0.3, 0.4) is 0 Å². The summed E-state index contributed by atoms with van der Waals surface area (Å²) < 4.78 is 1.31. The first-order valence-corrected chi connectivity index (χ1v) is 7.14. The molecule has 0 atom stereocenters. The van der Waals surface area contributed by atoms with E-state index in [9.17, 15) is 0 Å². The minimum absolute atomic E-state index is 0.921. The van der Waals surface area contributed by atoms with Gasteiger partial charge in [-0.15, -0.1) is 0 Å². The molecule has 0 radical (unpaired) electrons. The Balaban J connectivity index is 2.20. The summed E-state index contributed by atoms with van der Waals surface area (Å²) in [7, 11) is 0. The van der Waals surface area contributed by atoms with E-state index in [1.807, 2.05) is 0 Å². The van der Waals surface area contributed by atoms with Gasteiger partial charge >= 0.3 is 0 Å². The molecule has 1 aliphatic heterocycles.